The lowest BCUT2D eigenvalue weighted by Gasteiger charge is -2.26. The number of amides is 1. The second kappa shape index (κ2) is 10.9. The van der Waals surface area contributed by atoms with Gasteiger partial charge in [0.05, 0.1) is 36.1 Å². The summed E-state index contributed by atoms with van der Waals surface area (Å²) in [4.78, 5) is 36.4. The Morgan fingerprint density at radius 3 is 2.49 bits per heavy atom. The Bertz CT molecular complexity index is 1870. The van der Waals surface area contributed by atoms with Crippen LogP contribution in [0, 0.1) is 0 Å². The maximum absolute atomic E-state index is 14.4. The summed E-state index contributed by atoms with van der Waals surface area (Å²) >= 11 is 13.1. The SMILES string of the molecule is COc1ccc(CN2C(=O)C(Cc3ccccc3Cl)N=C(c3ccc4[nH]c(=O)n(C)c4c3)c3cc(Cl)ccc32)cc1. The summed E-state index contributed by atoms with van der Waals surface area (Å²) in [7, 11) is 3.33. The second-order valence-electron chi connectivity index (χ2n) is 9.94. The lowest BCUT2D eigenvalue weighted by molar-refractivity contribution is -0.119. The smallest absolute Gasteiger partial charge is 0.326 e. The van der Waals surface area contributed by atoms with E-state index >= 15 is 0 Å². The van der Waals surface area contributed by atoms with Crippen molar-refractivity contribution in [3.8, 4) is 5.75 Å². The van der Waals surface area contributed by atoms with Crippen LogP contribution in [0.4, 0.5) is 5.69 Å². The van der Waals surface area contributed by atoms with E-state index in [1.165, 1.54) is 0 Å². The Labute approximate surface area is 246 Å². The molecule has 4 aromatic carbocycles. The van der Waals surface area contributed by atoms with E-state index in [-0.39, 0.29) is 11.6 Å². The van der Waals surface area contributed by atoms with Crippen molar-refractivity contribution in [1.82, 2.24) is 9.55 Å². The van der Waals surface area contributed by atoms with Crippen LogP contribution in [0.3, 0.4) is 0 Å². The van der Waals surface area contributed by atoms with E-state index < -0.39 is 6.04 Å². The molecule has 1 unspecified atom stereocenters. The molecule has 1 N–H and O–H groups in total. The molecule has 206 valence electrons. The third-order valence-corrected chi connectivity index (χ3v) is 7.99. The number of halogens is 2. The van der Waals surface area contributed by atoms with E-state index in [9.17, 15) is 9.59 Å². The minimum atomic E-state index is -0.764. The maximum atomic E-state index is 14.4. The van der Waals surface area contributed by atoms with Crippen LogP contribution in [0.2, 0.25) is 10.0 Å². The molecule has 41 heavy (non-hydrogen) atoms. The molecule has 6 rings (SSSR count). The normalized spacial score (nSPS) is 15.0. The van der Waals surface area contributed by atoms with Crippen LogP contribution < -0.4 is 15.3 Å². The van der Waals surface area contributed by atoms with Gasteiger partial charge in [0.15, 0.2) is 0 Å². The number of methoxy groups -OCH3 is 1. The Kier molecular flexibility index (Phi) is 7.15. The fourth-order valence-corrected chi connectivity index (χ4v) is 5.58. The zero-order chi connectivity index (χ0) is 28.7. The molecule has 1 amide bonds. The summed E-state index contributed by atoms with van der Waals surface area (Å²) in [5.74, 6) is 0.578. The van der Waals surface area contributed by atoms with E-state index in [0.29, 0.717) is 39.9 Å². The van der Waals surface area contributed by atoms with Gasteiger partial charge in [-0.05, 0) is 59.7 Å². The van der Waals surface area contributed by atoms with Crippen LogP contribution in [-0.2, 0) is 24.8 Å². The van der Waals surface area contributed by atoms with Crippen LogP contribution in [0.5, 0.6) is 5.75 Å². The van der Waals surface area contributed by atoms with Crippen molar-refractivity contribution in [2.24, 2.45) is 12.0 Å². The molecule has 0 spiro atoms. The van der Waals surface area contributed by atoms with Crippen LogP contribution in [0.25, 0.3) is 11.0 Å². The minimum absolute atomic E-state index is 0.158. The quantitative estimate of drug-likeness (QED) is 0.259. The molecular weight excluding hydrogens is 559 g/mol. The molecule has 0 bridgehead atoms. The summed E-state index contributed by atoms with van der Waals surface area (Å²) < 4.78 is 6.87. The lowest BCUT2D eigenvalue weighted by atomic mass is 9.99. The van der Waals surface area contributed by atoms with E-state index in [2.05, 4.69) is 4.98 Å². The summed E-state index contributed by atoms with van der Waals surface area (Å²) in [6.45, 7) is 0.324. The Balaban J connectivity index is 1.54. The van der Waals surface area contributed by atoms with Crippen molar-refractivity contribution in [2.75, 3.05) is 12.0 Å². The van der Waals surface area contributed by atoms with Gasteiger partial charge in [0.25, 0.3) is 5.91 Å². The van der Waals surface area contributed by atoms with Crippen molar-refractivity contribution in [3.63, 3.8) is 0 Å². The largest absolute Gasteiger partial charge is 0.497 e. The van der Waals surface area contributed by atoms with E-state index in [1.807, 2.05) is 78.9 Å². The first-order valence-electron chi connectivity index (χ1n) is 13.1. The molecular formula is C32H26Cl2N4O3. The van der Waals surface area contributed by atoms with Crippen molar-refractivity contribution in [3.05, 3.63) is 128 Å². The number of aromatic nitrogens is 2. The van der Waals surface area contributed by atoms with E-state index in [4.69, 9.17) is 32.9 Å². The number of hydrogen-bond donors (Lipinski definition) is 1. The van der Waals surface area contributed by atoms with Crippen LogP contribution in [0.15, 0.2) is 94.7 Å². The molecule has 0 saturated heterocycles. The van der Waals surface area contributed by atoms with Gasteiger partial charge in [-0.2, -0.15) is 0 Å². The Morgan fingerprint density at radius 2 is 1.73 bits per heavy atom. The Morgan fingerprint density at radius 1 is 0.951 bits per heavy atom. The molecule has 2 heterocycles. The first-order valence-corrected chi connectivity index (χ1v) is 13.8. The number of aromatic amines is 1. The number of ether oxygens (including phenoxy) is 1. The number of rotatable bonds is 6. The number of aryl methyl sites for hydroxylation is 1. The first-order chi connectivity index (χ1) is 19.8. The van der Waals surface area contributed by atoms with Gasteiger partial charge in [-0.1, -0.05) is 59.6 Å². The molecule has 1 aliphatic heterocycles. The molecule has 7 nitrogen and oxygen atoms in total. The molecule has 1 aromatic heterocycles. The highest BCUT2D eigenvalue weighted by Crippen LogP contribution is 2.34. The van der Waals surface area contributed by atoms with Crippen molar-refractivity contribution < 1.29 is 9.53 Å². The molecule has 9 heteroatoms. The van der Waals surface area contributed by atoms with E-state index in [0.717, 1.165) is 33.5 Å². The number of H-pyrrole nitrogens is 1. The van der Waals surface area contributed by atoms with Crippen molar-refractivity contribution >= 4 is 51.5 Å². The average Bonchev–Trinajstić information content (AvgIpc) is 3.21. The monoisotopic (exact) mass is 584 g/mol. The number of anilines is 1. The lowest BCUT2D eigenvalue weighted by Crippen LogP contribution is -2.38. The summed E-state index contributed by atoms with van der Waals surface area (Å²) in [6.07, 6.45) is 0.313. The third kappa shape index (κ3) is 5.14. The van der Waals surface area contributed by atoms with Gasteiger partial charge < -0.3 is 14.6 Å². The summed E-state index contributed by atoms with van der Waals surface area (Å²) in [5.41, 5.74) is 5.79. The van der Waals surface area contributed by atoms with Gasteiger partial charge in [-0.25, -0.2) is 4.79 Å². The molecule has 0 fully saturated rings. The Hall–Kier alpha value is -4.33. The molecule has 0 aliphatic carbocycles. The predicted octanol–water partition coefficient (Wildman–Crippen LogP) is 6.18. The van der Waals surface area contributed by atoms with Crippen LogP contribution in [-0.4, -0.2) is 34.3 Å². The number of carbonyl (C=O) groups is 1. The number of fused-ring (bicyclic) bond motifs is 2. The van der Waals surface area contributed by atoms with Crippen molar-refractivity contribution in [2.45, 2.75) is 19.0 Å². The first kappa shape index (κ1) is 26.9. The molecule has 5 aromatic rings. The maximum Gasteiger partial charge on any atom is 0.326 e. The molecule has 1 atom stereocenters. The summed E-state index contributed by atoms with van der Waals surface area (Å²) in [6, 6.07) is 25.5. The van der Waals surface area contributed by atoms with Gasteiger partial charge in [0.1, 0.15) is 11.8 Å². The predicted molar refractivity (Wildman–Crippen MR) is 164 cm³/mol. The fraction of sp³-hybridized carbons (Fsp3) is 0.156. The number of aliphatic imine (C=N–C) groups is 1. The number of hydrogen-bond acceptors (Lipinski definition) is 4. The highest BCUT2D eigenvalue weighted by atomic mass is 35.5. The highest BCUT2D eigenvalue weighted by Gasteiger charge is 2.33. The topological polar surface area (TPSA) is 79.7 Å². The van der Waals surface area contributed by atoms with Gasteiger partial charge in [0.2, 0.25) is 0 Å². The number of benzodiazepines with no additional fused rings is 1. The standard InChI is InChI=1S/C32H26Cl2N4O3/c1-37-29-16-21(9-13-26(29)36-32(37)40)30-24-17-22(33)10-14-28(24)38(18-19-7-11-23(41-2)12-8-19)31(39)27(35-30)15-20-5-3-4-6-25(20)34/h3-14,16-17,27H,15,18H2,1-2H3,(H,36,40). The number of nitrogens with one attached hydrogen (secondary N) is 1. The number of benzene rings is 4. The summed E-state index contributed by atoms with van der Waals surface area (Å²) in [5, 5.41) is 1.10. The molecule has 1 aliphatic rings. The third-order valence-electron chi connectivity index (χ3n) is 7.39. The van der Waals surface area contributed by atoms with Crippen molar-refractivity contribution in [1.29, 1.82) is 0 Å². The van der Waals surface area contributed by atoms with Gasteiger partial charge in [0, 0.05) is 34.6 Å². The molecule has 0 radical (unpaired) electrons. The molecule has 0 saturated carbocycles. The fourth-order valence-electron chi connectivity index (χ4n) is 5.19. The van der Waals surface area contributed by atoms with Gasteiger partial charge in [-0.3, -0.25) is 14.4 Å². The second-order valence-corrected chi connectivity index (χ2v) is 10.8. The van der Waals surface area contributed by atoms with Gasteiger partial charge in [-0.15, -0.1) is 0 Å². The zero-order valence-corrected chi connectivity index (χ0v) is 23.9. The number of imidazole rings is 1. The highest BCUT2D eigenvalue weighted by molar-refractivity contribution is 6.32. The van der Waals surface area contributed by atoms with Gasteiger partial charge >= 0.3 is 5.69 Å². The zero-order valence-electron chi connectivity index (χ0n) is 22.4. The minimum Gasteiger partial charge on any atom is -0.497 e. The number of nitrogens with zero attached hydrogens (tertiary/aromatic N) is 3. The van der Waals surface area contributed by atoms with E-state index in [1.54, 1.807) is 29.7 Å². The van der Waals surface area contributed by atoms with Crippen LogP contribution in [0.1, 0.15) is 22.3 Å². The average molecular weight is 585 g/mol. The van der Waals surface area contributed by atoms with Crippen LogP contribution >= 0.6 is 23.2 Å². The number of carbonyl (C=O) groups excluding carboxylic acids is 1.